The van der Waals surface area contributed by atoms with Gasteiger partial charge in [0, 0.05) is 12.3 Å². The molecule has 1 aromatic heterocycles. The van der Waals surface area contributed by atoms with Crippen molar-refractivity contribution in [3.63, 3.8) is 0 Å². The van der Waals surface area contributed by atoms with Gasteiger partial charge in [-0.25, -0.2) is 22.0 Å². The van der Waals surface area contributed by atoms with Crippen molar-refractivity contribution in [2.75, 3.05) is 4.72 Å². The average molecular weight is 302 g/mol. The Morgan fingerprint density at radius 3 is 2.25 bits per heavy atom. The second-order valence-electron chi connectivity index (χ2n) is 3.82. The molecule has 1 aromatic carbocycles. The van der Waals surface area contributed by atoms with Gasteiger partial charge in [0.1, 0.15) is 22.2 Å². The minimum atomic E-state index is -4.14. The van der Waals surface area contributed by atoms with Gasteiger partial charge in [-0.2, -0.15) is 0 Å². The van der Waals surface area contributed by atoms with Crippen LogP contribution in [0.5, 0.6) is 0 Å². The first-order chi connectivity index (χ1) is 9.28. The smallest absolute Gasteiger partial charge is 0.352 e. The maximum atomic E-state index is 13.0. The van der Waals surface area contributed by atoms with E-state index >= 15 is 0 Å². The Kier molecular flexibility index (Phi) is 3.45. The number of halogens is 2. The molecule has 9 heteroatoms. The lowest BCUT2D eigenvalue weighted by Crippen LogP contribution is -2.12. The molecule has 3 N–H and O–H groups in total. The van der Waals surface area contributed by atoms with Crippen molar-refractivity contribution in [1.29, 1.82) is 0 Å². The monoisotopic (exact) mass is 302 g/mol. The number of nitrogens with one attached hydrogen (secondary N) is 2. The van der Waals surface area contributed by atoms with Gasteiger partial charge in [-0.15, -0.1) is 0 Å². The molecule has 6 nitrogen and oxygen atoms in total. The quantitative estimate of drug-likeness (QED) is 0.801. The SMILES string of the molecule is O=C(O)c1cc(S(=O)(=O)Nc2cc(F)cc(F)c2)c[nH]1. The van der Waals surface area contributed by atoms with Gasteiger partial charge in [0.05, 0.1) is 5.69 Å². The number of carboxylic acids is 1. The molecule has 0 unspecified atom stereocenters. The zero-order chi connectivity index (χ0) is 14.9. The molecule has 2 rings (SSSR count). The molecule has 0 spiro atoms. The van der Waals surface area contributed by atoms with Crippen LogP contribution in [0.15, 0.2) is 35.4 Å². The first kappa shape index (κ1) is 14.0. The molecule has 0 radical (unpaired) electrons. The van der Waals surface area contributed by atoms with Crippen molar-refractivity contribution in [3.8, 4) is 0 Å². The number of hydrogen-bond donors (Lipinski definition) is 3. The molecule has 2 aromatic rings. The number of aromatic amines is 1. The van der Waals surface area contributed by atoms with Crippen LogP contribution in [0.1, 0.15) is 10.5 Å². The highest BCUT2D eigenvalue weighted by molar-refractivity contribution is 7.92. The molecule has 0 saturated carbocycles. The lowest BCUT2D eigenvalue weighted by Gasteiger charge is -2.06. The van der Waals surface area contributed by atoms with E-state index in [9.17, 15) is 22.0 Å². The van der Waals surface area contributed by atoms with E-state index in [2.05, 4.69) is 4.98 Å². The van der Waals surface area contributed by atoms with Crippen molar-refractivity contribution < 1.29 is 27.1 Å². The second kappa shape index (κ2) is 4.93. The van der Waals surface area contributed by atoms with Gasteiger partial charge in [-0.05, 0) is 18.2 Å². The number of carboxylic acid groups (broad SMARTS) is 1. The Hall–Kier alpha value is -2.42. The number of rotatable bonds is 4. The summed E-state index contributed by atoms with van der Waals surface area (Å²) in [5, 5.41) is 8.68. The summed E-state index contributed by atoms with van der Waals surface area (Å²) < 4.78 is 51.6. The molecule has 0 atom stereocenters. The van der Waals surface area contributed by atoms with Crippen LogP contribution in [0.3, 0.4) is 0 Å². The number of carbonyl (C=O) groups is 1. The van der Waals surface area contributed by atoms with E-state index in [0.29, 0.717) is 6.07 Å². The first-order valence-electron chi connectivity index (χ1n) is 5.18. The Labute approximate surface area is 112 Å². The fourth-order valence-corrected chi connectivity index (χ4v) is 2.51. The Bertz CT molecular complexity index is 750. The van der Waals surface area contributed by atoms with Gasteiger partial charge in [-0.1, -0.05) is 0 Å². The highest BCUT2D eigenvalue weighted by Gasteiger charge is 2.18. The zero-order valence-electron chi connectivity index (χ0n) is 9.72. The second-order valence-corrected chi connectivity index (χ2v) is 5.50. The van der Waals surface area contributed by atoms with Crippen LogP contribution in [-0.2, 0) is 10.0 Å². The third-order valence-corrected chi connectivity index (χ3v) is 3.67. The third-order valence-electron chi connectivity index (χ3n) is 2.31. The Balaban J connectivity index is 2.32. The maximum Gasteiger partial charge on any atom is 0.352 e. The van der Waals surface area contributed by atoms with E-state index in [4.69, 9.17) is 5.11 Å². The minimum absolute atomic E-state index is 0.305. The Morgan fingerprint density at radius 2 is 1.75 bits per heavy atom. The predicted octanol–water partition coefficient (Wildman–Crippen LogP) is 1.79. The van der Waals surface area contributed by atoms with Crippen molar-refractivity contribution in [1.82, 2.24) is 4.98 Å². The number of benzene rings is 1. The number of anilines is 1. The van der Waals surface area contributed by atoms with E-state index in [1.165, 1.54) is 0 Å². The summed E-state index contributed by atoms with van der Waals surface area (Å²) in [6.07, 6.45) is 0.960. The van der Waals surface area contributed by atoms with E-state index < -0.39 is 27.6 Å². The van der Waals surface area contributed by atoms with Crippen molar-refractivity contribution >= 4 is 21.7 Å². The molecule has 1 heterocycles. The van der Waals surface area contributed by atoms with Crippen LogP contribution in [0.25, 0.3) is 0 Å². The van der Waals surface area contributed by atoms with Crippen LogP contribution >= 0.6 is 0 Å². The molecule has 0 saturated heterocycles. The van der Waals surface area contributed by atoms with Gasteiger partial charge < -0.3 is 10.1 Å². The van der Waals surface area contributed by atoms with Crippen LogP contribution in [0.2, 0.25) is 0 Å². The van der Waals surface area contributed by atoms with Gasteiger partial charge >= 0.3 is 5.97 Å². The fraction of sp³-hybridized carbons (Fsp3) is 0. The molecule has 20 heavy (non-hydrogen) atoms. The van der Waals surface area contributed by atoms with Crippen LogP contribution in [0, 0.1) is 11.6 Å². The summed E-state index contributed by atoms with van der Waals surface area (Å²) in [5.41, 5.74) is -0.628. The largest absolute Gasteiger partial charge is 0.477 e. The van der Waals surface area contributed by atoms with E-state index in [-0.39, 0.29) is 16.3 Å². The molecular weight excluding hydrogens is 294 g/mol. The van der Waals surface area contributed by atoms with Gasteiger partial charge in [0.15, 0.2) is 0 Å². The summed E-state index contributed by atoms with van der Waals surface area (Å²) >= 11 is 0. The summed E-state index contributed by atoms with van der Waals surface area (Å²) in [4.78, 5) is 12.5. The van der Waals surface area contributed by atoms with Gasteiger partial charge in [0.25, 0.3) is 10.0 Å². The number of sulfonamides is 1. The molecule has 0 aliphatic carbocycles. The molecular formula is C11H8F2N2O4S. The average Bonchev–Trinajstić information content (AvgIpc) is 2.76. The summed E-state index contributed by atoms with van der Waals surface area (Å²) in [7, 11) is -4.14. The fourth-order valence-electron chi connectivity index (χ4n) is 1.48. The van der Waals surface area contributed by atoms with Crippen LogP contribution in [-0.4, -0.2) is 24.5 Å². The molecule has 0 aliphatic heterocycles. The molecule has 0 fully saturated rings. The number of aromatic carboxylic acids is 1. The Morgan fingerprint density at radius 1 is 1.15 bits per heavy atom. The van der Waals surface area contributed by atoms with Gasteiger partial charge in [0.2, 0.25) is 0 Å². The van der Waals surface area contributed by atoms with Crippen molar-refractivity contribution in [2.45, 2.75) is 4.90 Å². The zero-order valence-corrected chi connectivity index (χ0v) is 10.5. The number of aromatic nitrogens is 1. The third kappa shape index (κ3) is 2.94. The molecule has 106 valence electrons. The number of H-pyrrole nitrogens is 1. The normalized spacial score (nSPS) is 11.3. The summed E-state index contributed by atoms with van der Waals surface area (Å²) in [6, 6.07) is 3.08. The van der Waals surface area contributed by atoms with Crippen LogP contribution < -0.4 is 4.72 Å². The summed E-state index contributed by atoms with van der Waals surface area (Å²) in [5.74, 6) is -3.21. The van der Waals surface area contributed by atoms with E-state index in [0.717, 1.165) is 24.4 Å². The molecule has 0 aliphatic rings. The minimum Gasteiger partial charge on any atom is -0.477 e. The maximum absolute atomic E-state index is 13.0. The van der Waals surface area contributed by atoms with Gasteiger partial charge in [-0.3, -0.25) is 4.72 Å². The highest BCUT2D eigenvalue weighted by atomic mass is 32.2. The molecule has 0 bridgehead atoms. The lowest BCUT2D eigenvalue weighted by molar-refractivity contribution is 0.0691. The topological polar surface area (TPSA) is 99.3 Å². The number of hydrogen-bond acceptors (Lipinski definition) is 3. The summed E-state index contributed by atoms with van der Waals surface area (Å²) in [6.45, 7) is 0. The predicted molar refractivity (Wildman–Crippen MR) is 64.9 cm³/mol. The molecule has 0 amide bonds. The van der Waals surface area contributed by atoms with E-state index in [1.54, 1.807) is 0 Å². The lowest BCUT2D eigenvalue weighted by atomic mass is 10.3. The standard InChI is InChI=1S/C11H8F2N2O4S/c12-6-1-7(13)3-8(2-6)15-20(18,19)9-4-10(11(16)17)14-5-9/h1-5,14-15H,(H,16,17). The first-order valence-corrected chi connectivity index (χ1v) is 6.67. The highest BCUT2D eigenvalue weighted by Crippen LogP contribution is 2.19. The van der Waals surface area contributed by atoms with Crippen molar-refractivity contribution in [3.05, 3.63) is 47.8 Å². The van der Waals surface area contributed by atoms with E-state index in [1.807, 2.05) is 4.72 Å². The van der Waals surface area contributed by atoms with Crippen molar-refractivity contribution in [2.24, 2.45) is 0 Å². The van der Waals surface area contributed by atoms with Crippen LogP contribution in [0.4, 0.5) is 14.5 Å².